The Morgan fingerprint density at radius 3 is 2.79 bits per heavy atom. The van der Waals surface area contributed by atoms with E-state index in [4.69, 9.17) is 16.3 Å². The number of guanidine groups is 1. The van der Waals surface area contributed by atoms with Crippen molar-refractivity contribution in [2.45, 2.75) is 18.6 Å². The summed E-state index contributed by atoms with van der Waals surface area (Å²) in [7, 11) is 4.24. The van der Waals surface area contributed by atoms with Gasteiger partial charge < -0.3 is 25.2 Å². The number of ether oxygens (including phenoxy) is 1. The standard InChI is InChI=1S/C18H25ClF3N5O2/c1-23-17(24-9-16(28)26(2)11-18(20,21)22)25-13-6-7-27(10-13)14-8-12(19)4-5-15(14)29-3/h4-5,8,13H,6-7,9-11H2,1-3H3,(H2,23,24,25). The lowest BCUT2D eigenvalue weighted by atomic mass is 10.2. The van der Waals surface area contributed by atoms with Gasteiger partial charge in [0.25, 0.3) is 0 Å². The number of halogens is 4. The van der Waals surface area contributed by atoms with Crippen LogP contribution in [0.15, 0.2) is 23.2 Å². The molecule has 162 valence electrons. The fourth-order valence-corrected chi connectivity index (χ4v) is 3.21. The molecule has 1 aromatic rings. The van der Waals surface area contributed by atoms with E-state index >= 15 is 0 Å². The van der Waals surface area contributed by atoms with E-state index in [1.807, 2.05) is 12.1 Å². The summed E-state index contributed by atoms with van der Waals surface area (Å²) in [5.74, 6) is 0.390. The van der Waals surface area contributed by atoms with Crippen LogP contribution in [0.2, 0.25) is 5.02 Å². The van der Waals surface area contributed by atoms with Crippen LogP contribution in [0.25, 0.3) is 0 Å². The number of likely N-dealkylation sites (N-methyl/N-ethyl adjacent to an activating group) is 1. The molecule has 0 radical (unpaired) electrons. The number of alkyl halides is 3. The monoisotopic (exact) mass is 435 g/mol. The molecule has 11 heteroatoms. The van der Waals surface area contributed by atoms with Crippen molar-refractivity contribution in [1.82, 2.24) is 15.5 Å². The van der Waals surface area contributed by atoms with Crippen LogP contribution >= 0.6 is 11.6 Å². The average Bonchev–Trinajstić information content (AvgIpc) is 3.11. The molecule has 1 fully saturated rings. The molecule has 0 spiro atoms. The van der Waals surface area contributed by atoms with E-state index < -0.39 is 18.6 Å². The summed E-state index contributed by atoms with van der Waals surface area (Å²) in [6.45, 7) is -0.165. The fraction of sp³-hybridized carbons (Fsp3) is 0.556. The minimum Gasteiger partial charge on any atom is -0.495 e. The van der Waals surface area contributed by atoms with Crippen molar-refractivity contribution in [3.8, 4) is 5.75 Å². The second-order valence-electron chi connectivity index (χ2n) is 6.68. The second kappa shape index (κ2) is 9.91. The molecule has 2 rings (SSSR count). The molecule has 1 atom stereocenters. The zero-order valence-corrected chi connectivity index (χ0v) is 17.3. The first-order valence-electron chi connectivity index (χ1n) is 8.99. The molecule has 1 aliphatic heterocycles. The van der Waals surface area contributed by atoms with Crippen molar-refractivity contribution in [3.05, 3.63) is 23.2 Å². The number of nitrogens with one attached hydrogen (secondary N) is 2. The van der Waals surface area contributed by atoms with E-state index in [-0.39, 0.29) is 12.6 Å². The normalized spacial score (nSPS) is 17.3. The van der Waals surface area contributed by atoms with Crippen LogP contribution < -0.4 is 20.3 Å². The Morgan fingerprint density at radius 2 is 2.17 bits per heavy atom. The molecular formula is C18H25ClF3N5O2. The van der Waals surface area contributed by atoms with Crippen LogP contribution in [0.4, 0.5) is 18.9 Å². The molecule has 1 unspecified atom stereocenters. The summed E-state index contributed by atoms with van der Waals surface area (Å²) in [5, 5.41) is 6.56. The molecule has 1 heterocycles. The van der Waals surface area contributed by atoms with E-state index in [1.54, 1.807) is 13.2 Å². The molecule has 1 aromatic carbocycles. The molecule has 0 aliphatic carbocycles. The van der Waals surface area contributed by atoms with E-state index in [0.29, 0.717) is 22.4 Å². The van der Waals surface area contributed by atoms with Crippen LogP contribution in [0.1, 0.15) is 6.42 Å². The number of hydrogen-bond donors (Lipinski definition) is 2. The number of amides is 1. The summed E-state index contributed by atoms with van der Waals surface area (Å²) >= 11 is 6.10. The molecule has 0 saturated carbocycles. The minimum absolute atomic E-state index is 0.0351. The summed E-state index contributed by atoms with van der Waals surface area (Å²) in [6.07, 6.45) is -3.63. The number of nitrogens with zero attached hydrogens (tertiary/aromatic N) is 3. The van der Waals surface area contributed by atoms with Crippen molar-refractivity contribution in [3.63, 3.8) is 0 Å². The molecule has 0 bridgehead atoms. The van der Waals surface area contributed by atoms with E-state index in [0.717, 1.165) is 31.5 Å². The summed E-state index contributed by atoms with van der Waals surface area (Å²) in [6, 6.07) is 5.44. The molecule has 1 saturated heterocycles. The van der Waals surface area contributed by atoms with Gasteiger partial charge >= 0.3 is 6.18 Å². The number of anilines is 1. The van der Waals surface area contributed by atoms with Crippen molar-refractivity contribution in [2.75, 3.05) is 52.3 Å². The highest BCUT2D eigenvalue weighted by atomic mass is 35.5. The van der Waals surface area contributed by atoms with Crippen LogP contribution in [0.3, 0.4) is 0 Å². The van der Waals surface area contributed by atoms with Gasteiger partial charge in [-0.1, -0.05) is 11.6 Å². The van der Waals surface area contributed by atoms with E-state index in [9.17, 15) is 18.0 Å². The smallest absolute Gasteiger partial charge is 0.406 e. The maximum atomic E-state index is 12.4. The summed E-state index contributed by atoms with van der Waals surface area (Å²) < 4.78 is 42.5. The van der Waals surface area contributed by atoms with Gasteiger partial charge in [-0.2, -0.15) is 13.2 Å². The highest BCUT2D eigenvalue weighted by molar-refractivity contribution is 6.30. The highest BCUT2D eigenvalue weighted by Crippen LogP contribution is 2.33. The Balaban J connectivity index is 1.88. The third kappa shape index (κ3) is 6.88. The van der Waals surface area contributed by atoms with Crippen LogP contribution in [-0.2, 0) is 4.79 Å². The number of aliphatic imine (C=N–C) groups is 1. The maximum absolute atomic E-state index is 12.4. The fourth-order valence-electron chi connectivity index (χ4n) is 3.05. The van der Waals surface area contributed by atoms with Crippen molar-refractivity contribution in [1.29, 1.82) is 0 Å². The zero-order chi connectivity index (χ0) is 21.6. The van der Waals surface area contributed by atoms with Gasteiger partial charge in [0.1, 0.15) is 12.3 Å². The van der Waals surface area contributed by atoms with E-state index in [1.165, 1.54) is 7.05 Å². The van der Waals surface area contributed by atoms with Crippen molar-refractivity contribution >= 4 is 29.2 Å². The Bertz CT molecular complexity index is 745. The summed E-state index contributed by atoms with van der Waals surface area (Å²) in [5.41, 5.74) is 0.885. The van der Waals surface area contributed by atoms with Gasteiger partial charge in [0.2, 0.25) is 5.91 Å². The molecule has 7 nitrogen and oxygen atoms in total. The molecule has 1 amide bonds. The first kappa shape index (κ1) is 22.9. The average molecular weight is 436 g/mol. The van der Waals surface area contributed by atoms with Gasteiger partial charge in [-0.05, 0) is 24.6 Å². The third-order valence-electron chi connectivity index (χ3n) is 4.48. The molecule has 1 aliphatic rings. The van der Waals surface area contributed by atoms with Gasteiger partial charge in [0, 0.05) is 38.2 Å². The number of methoxy groups -OCH3 is 1. The van der Waals surface area contributed by atoms with Gasteiger partial charge in [-0.3, -0.25) is 9.79 Å². The van der Waals surface area contributed by atoms with Crippen molar-refractivity contribution in [2.24, 2.45) is 4.99 Å². The molecular weight excluding hydrogens is 411 g/mol. The Kier molecular flexibility index (Phi) is 7.83. The largest absolute Gasteiger partial charge is 0.495 e. The predicted molar refractivity (Wildman–Crippen MR) is 107 cm³/mol. The Labute approximate surface area is 172 Å². The quantitative estimate of drug-likeness (QED) is 0.529. The Hall–Kier alpha value is -2.36. The maximum Gasteiger partial charge on any atom is 0.406 e. The van der Waals surface area contributed by atoms with Gasteiger partial charge in [-0.25, -0.2) is 0 Å². The lowest BCUT2D eigenvalue weighted by Gasteiger charge is -2.23. The first-order chi connectivity index (χ1) is 13.6. The third-order valence-corrected chi connectivity index (χ3v) is 4.72. The van der Waals surface area contributed by atoms with Crippen LogP contribution in [0, 0.1) is 0 Å². The lowest BCUT2D eigenvalue weighted by Crippen LogP contribution is -2.48. The lowest BCUT2D eigenvalue weighted by molar-refractivity contribution is -0.157. The van der Waals surface area contributed by atoms with Gasteiger partial charge in [0.15, 0.2) is 5.96 Å². The predicted octanol–water partition coefficient (Wildman–Crippen LogP) is 2.11. The van der Waals surface area contributed by atoms with Crippen LogP contribution in [-0.4, -0.2) is 76.4 Å². The van der Waals surface area contributed by atoms with Gasteiger partial charge in [-0.15, -0.1) is 0 Å². The minimum atomic E-state index is -4.43. The van der Waals surface area contributed by atoms with E-state index in [2.05, 4.69) is 20.5 Å². The van der Waals surface area contributed by atoms with Crippen molar-refractivity contribution < 1.29 is 22.7 Å². The van der Waals surface area contributed by atoms with Crippen LogP contribution in [0.5, 0.6) is 5.75 Å². The Morgan fingerprint density at radius 1 is 1.45 bits per heavy atom. The topological polar surface area (TPSA) is 69.2 Å². The molecule has 29 heavy (non-hydrogen) atoms. The summed E-state index contributed by atoms with van der Waals surface area (Å²) in [4.78, 5) is 18.7. The second-order valence-corrected chi connectivity index (χ2v) is 7.12. The SMILES string of the molecule is CN=C(NCC(=O)N(C)CC(F)(F)F)NC1CCN(c2cc(Cl)ccc2OC)C1. The van der Waals surface area contributed by atoms with Gasteiger partial charge in [0.05, 0.1) is 19.3 Å². The number of rotatable bonds is 6. The molecule has 2 N–H and O–H groups in total. The highest BCUT2D eigenvalue weighted by Gasteiger charge is 2.31. The number of hydrogen-bond acceptors (Lipinski definition) is 4. The number of carbonyl (C=O) groups excluding carboxylic acids is 1. The zero-order valence-electron chi connectivity index (χ0n) is 16.5. The molecule has 0 aromatic heterocycles. The number of carbonyl (C=O) groups is 1. The number of benzene rings is 1. The first-order valence-corrected chi connectivity index (χ1v) is 9.37.